The highest BCUT2D eigenvalue weighted by atomic mass is 28.4. The molecule has 0 aromatic carbocycles. The SMILES string of the molecule is C=COC(=O)CCCCCCCCCC[Si](C)(OCC)OCC. The molecule has 5 heteroatoms. The Kier molecular flexibility index (Phi) is 14.5. The fourth-order valence-electron chi connectivity index (χ4n) is 2.72. The average molecular weight is 345 g/mol. The maximum absolute atomic E-state index is 11.1. The van der Waals surface area contributed by atoms with Crippen molar-refractivity contribution in [1.82, 2.24) is 0 Å². The van der Waals surface area contributed by atoms with Crippen LogP contribution in [0.3, 0.4) is 0 Å². The maximum Gasteiger partial charge on any atom is 0.334 e. The zero-order valence-electron chi connectivity index (χ0n) is 15.4. The second-order valence-corrected chi connectivity index (χ2v) is 9.33. The van der Waals surface area contributed by atoms with E-state index < -0.39 is 8.56 Å². The first-order chi connectivity index (χ1) is 11.1. The molecule has 23 heavy (non-hydrogen) atoms. The van der Waals surface area contributed by atoms with Crippen molar-refractivity contribution in [3.63, 3.8) is 0 Å². The smallest absolute Gasteiger partial charge is 0.334 e. The van der Waals surface area contributed by atoms with Crippen molar-refractivity contribution >= 4 is 14.5 Å². The van der Waals surface area contributed by atoms with E-state index in [1.54, 1.807) is 0 Å². The van der Waals surface area contributed by atoms with Crippen LogP contribution in [-0.2, 0) is 18.4 Å². The molecule has 0 saturated heterocycles. The summed E-state index contributed by atoms with van der Waals surface area (Å²) in [4.78, 5) is 11.1. The molecule has 0 aromatic heterocycles. The van der Waals surface area contributed by atoms with Gasteiger partial charge in [-0.15, -0.1) is 0 Å². The van der Waals surface area contributed by atoms with Crippen LogP contribution in [0.4, 0.5) is 0 Å². The summed E-state index contributed by atoms with van der Waals surface area (Å²) in [7, 11) is -1.90. The van der Waals surface area contributed by atoms with E-state index in [0.29, 0.717) is 6.42 Å². The van der Waals surface area contributed by atoms with Gasteiger partial charge in [0.1, 0.15) is 0 Å². The lowest BCUT2D eigenvalue weighted by atomic mass is 10.1. The summed E-state index contributed by atoms with van der Waals surface area (Å²) >= 11 is 0. The lowest BCUT2D eigenvalue weighted by Crippen LogP contribution is -2.38. The Morgan fingerprint density at radius 1 is 0.913 bits per heavy atom. The predicted octanol–water partition coefficient (Wildman–Crippen LogP) is 5.33. The van der Waals surface area contributed by atoms with Crippen molar-refractivity contribution in [2.45, 2.75) is 84.2 Å². The van der Waals surface area contributed by atoms with Crippen molar-refractivity contribution in [2.24, 2.45) is 0 Å². The first kappa shape index (κ1) is 22.3. The fourth-order valence-corrected chi connectivity index (χ4v) is 5.21. The molecule has 0 spiro atoms. The monoisotopic (exact) mass is 344 g/mol. The highest BCUT2D eigenvalue weighted by Gasteiger charge is 2.29. The van der Waals surface area contributed by atoms with Gasteiger partial charge in [-0.2, -0.15) is 0 Å². The van der Waals surface area contributed by atoms with Crippen molar-refractivity contribution in [3.8, 4) is 0 Å². The molecule has 0 radical (unpaired) electrons. The second kappa shape index (κ2) is 14.9. The molecule has 4 nitrogen and oxygen atoms in total. The third-order valence-electron chi connectivity index (χ3n) is 3.88. The van der Waals surface area contributed by atoms with E-state index in [9.17, 15) is 4.79 Å². The summed E-state index contributed by atoms with van der Waals surface area (Å²) in [6, 6.07) is 1.10. The van der Waals surface area contributed by atoms with E-state index in [0.717, 1.165) is 32.1 Å². The van der Waals surface area contributed by atoms with Crippen molar-refractivity contribution in [2.75, 3.05) is 13.2 Å². The van der Waals surface area contributed by atoms with Crippen LogP contribution in [0, 0.1) is 0 Å². The van der Waals surface area contributed by atoms with Crippen molar-refractivity contribution < 1.29 is 18.4 Å². The Morgan fingerprint density at radius 2 is 1.39 bits per heavy atom. The highest BCUT2D eigenvalue weighted by Crippen LogP contribution is 2.19. The van der Waals surface area contributed by atoms with Gasteiger partial charge < -0.3 is 13.6 Å². The zero-order chi connectivity index (χ0) is 17.4. The number of hydrogen-bond acceptors (Lipinski definition) is 4. The molecule has 0 heterocycles. The summed E-state index contributed by atoms with van der Waals surface area (Å²) < 4.78 is 16.4. The van der Waals surface area contributed by atoms with E-state index in [-0.39, 0.29) is 5.97 Å². The molecule has 0 bridgehead atoms. The van der Waals surface area contributed by atoms with Gasteiger partial charge in [0.15, 0.2) is 0 Å². The minimum absolute atomic E-state index is 0.171. The number of carbonyl (C=O) groups excluding carboxylic acids is 1. The number of rotatable bonds is 16. The molecule has 0 aliphatic rings. The van der Waals surface area contributed by atoms with Gasteiger partial charge in [-0.1, -0.05) is 51.5 Å². The van der Waals surface area contributed by atoms with Crippen LogP contribution in [0.25, 0.3) is 0 Å². The molecule has 136 valence electrons. The third-order valence-corrected chi connectivity index (χ3v) is 6.94. The second-order valence-electron chi connectivity index (χ2n) is 5.98. The molecule has 0 aliphatic carbocycles. The van der Waals surface area contributed by atoms with Crippen LogP contribution in [0.15, 0.2) is 12.8 Å². The molecule has 0 saturated carbocycles. The largest absolute Gasteiger partial charge is 0.435 e. The van der Waals surface area contributed by atoms with Gasteiger partial charge in [0.05, 0.1) is 6.26 Å². The average Bonchev–Trinajstić information content (AvgIpc) is 2.50. The van der Waals surface area contributed by atoms with E-state index in [1.165, 1.54) is 44.8 Å². The first-order valence-corrected chi connectivity index (χ1v) is 11.7. The molecular formula is C18H36O4Si. The fraction of sp³-hybridized carbons (Fsp3) is 0.833. The van der Waals surface area contributed by atoms with Crippen LogP contribution in [0.1, 0.15) is 71.6 Å². The topological polar surface area (TPSA) is 44.8 Å². The first-order valence-electron chi connectivity index (χ1n) is 9.16. The molecule has 0 N–H and O–H groups in total. The summed E-state index contributed by atoms with van der Waals surface area (Å²) in [6.45, 7) is 11.1. The van der Waals surface area contributed by atoms with E-state index in [4.69, 9.17) is 8.85 Å². The number of hydrogen-bond donors (Lipinski definition) is 0. The molecule has 0 rings (SSSR count). The Hall–Kier alpha value is -0.653. The summed E-state index contributed by atoms with van der Waals surface area (Å²) in [5.41, 5.74) is 0. The lowest BCUT2D eigenvalue weighted by molar-refractivity contribution is -0.138. The van der Waals surface area contributed by atoms with Crippen LogP contribution in [-0.4, -0.2) is 27.7 Å². The van der Waals surface area contributed by atoms with Gasteiger partial charge in [-0.25, -0.2) is 0 Å². The van der Waals surface area contributed by atoms with Gasteiger partial charge in [0.25, 0.3) is 0 Å². The van der Waals surface area contributed by atoms with Gasteiger partial charge in [-0.3, -0.25) is 4.79 Å². The van der Waals surface area contributed by atoms with Crippen molar-refractivity contribution in [3.05, 3.63) is 12.8 Å². The normalized spacial score (nSPS) is 11.4. The Labute approximate surface area is 143 Å². The number of esters is 1. The van der Waals surface area contributed by atoms with Gasteiger partial charge >= 0.3 is 14.5 Å². The molecule has 0 aromatic rings. The van der Waals surface area contributed by atoms with E-state index in [2.05, 4.69) is 17.9 Å². The summed E-state index contributed by atoms with van der Waals surface area (Å²) in [5, 5.41) is 0. The molecule has 0 aliphatic heterocycles. The third kappa shape index (κ3) is 13.5. The maximum atomic E-state index is 11.1. The quantitative estimate of drug-likeness (QED) is 0.164. The van der Waals surface area contributed by atoms with Gasteiger partial charge in [0.2, 0.25) is 0 Å². The zero-order valence-corrected chi connectivity index (χ0v) is 16.4. The highest BCUT2D eigenvalue weighted by molar-refractivity contribution is 6.66. The van der Waals surface area contributed by atoms with Crippen LogP contribution in [0.5, 0.6) is 0 Å². The molecule has 0 atom stereocenters. The van der Waals surface area contributed by atoms with E-state index in [1.807, 2.05) is 13.8 Å². The Balaban J connectivity index is 3.45. The molecule has 0 fully saturated rings. The van der Waals surface area contributed by atoms with E-state index >= 15 is 0 Å². The number of unbranched alkanes of at least 4 members (excludes halogenated alkanes) is 7. The van der Waals surface area contributed by atoms with Crippen LogP contribution in [0.2, 0.25) is 12.6 Å². The molecule has 0 amide bonds. The van der Waals surface area contributed by atoms with Gasteiger partial charge in [-0.05, 0) is 32.9 Å². The summed E-state index contributed by atoms with van der Waals surface area (Å²) in [5.74, 6) is -0.171. The van der Waals surface area contributed by atoms with Crippen LogP contribution >= 0.6 is 0 Å². The molecule has 0 unspecified atom stereocenters. The number of carbonyl (C=O) groups is 1. The van der Waals surface area contributed by atoms with Gasteiger partial charge in [0, 0.05) is 19.6 Å². The van der Waals surface area contributed by atoms with Crippen molar-refractivity contribution in [1.29, 1.82) is 0 Å². The standard InChI is InChI=1S/C18H36O4Si/c1-5-20-18(19)16-14-12-10-8-9-11-13-15-17-23(4,21-6-2)22-7-3/h5H,1,6-17H2,2-4H3. The predicted molar refractivity (Wildman–Crippen MR) is 97.5 cm³/mol. The Bertz CT molecular complexity index is 301. The number of ether oxygens (including phenoxy) is 1. The minimum atomic E-state index is -1.90. The summed E-state index contributed by atoms with van der Waals surface area (Å²) in [6.07, 6.45) is 11.2. The molecular weight excluding hydrogens is 308 g/mol. The minimum Gasteiger partial charge on any atom is -0.435 e. The van der Waals surface area contributed by atoms with Crippen LogP contribution < -0.4 is 0 Å². The Morgan fingerprint density at radius 3 is 1.87 bits per heavy atom. The lowest BCUT2D eigenvalue weighted by Gasteiger charge is -2.25.